The smallest absolute Gasteiger partial charge is 0.0880 e. The number of nitrogens with one attached hydrogen (secondary N) is 1. The molecule has 0 aliphatic heterocycles. The van der Waals surface area contributed by atoms with Gasteiger partial charge in [-0.25, -0.2) is 0 Å². The molecule has 0 spiro atoms. The van der Waals surface area contributed by atoms with Crippen LogP contribution in [0.1, 0.15) is 64.6 Å². The number of benzene rings is 1. The first-order valence-corrected chi connectivity index (χ1v) is 7.46. The molecule has 3 heteroatoms. The number of ether oxygens (including phenoxy) is 1. The SMILES string of the molecule is CCC(CC)(OC)C(NN)c1ccc(C(C)(C)C)cc1. The summed E-state index contributed by atoms with van der Waals surface area (Å²) in [6.45, 7) is 10.9. The Hall–Kier alpha value is -0.900. The van der Waals surface area contributed by atoms with E-state index in [0.29, 0.717) is 0 Å². The van der Waals surface area contributed by atoms with E-state index < -0.39 is 0 Å². The molecule has 0 saturated heterocycles. The molecule has 1 rings (SSSR count). The standard InChI is InChI=1S/C17H30N2O/c1-7-17(8-2,20-6)15(19-18)13-9-11-14(12-10-13)16(3,4)5/h9-12,15,19H,7-8,18H2,1-6H3. The zero-order valence-corrected chi connectivity index (χ0v) is 13.8. The maximum atomic E-state index is 5.81. The molecule has 0 aliphatic rings. The van der Waals surface area contributed by atoms with Crippen molar-refractivity contribution < 1.29 is 4.74 Å². The summed E-state index contributed by atoms with van der Waals surface area (Å²) in [6.07, 6.45) is 1.83. The van der Waals surface area contributed by atoms with Crippen molar-refractivity contribution in [3.05, 3.63) is 35.4 Å². The van der Waals surface area contributed by atoms with Gasteiger partial charge in [-0.1, -0.05) is 58.9 Å². The molecule has 0 aliphatic carbocycles. The molecule has 0 fully saturated rings. The minimum Gasteiger partial charge on any atom is -0.376 e. The maximum Gasteiger partial charge on any atom is 0.0880 e. The van der Waals surface area contributed by atoms with Crippen LogP contribution in [0.3, 0.4) is 0 Å². The molecular weight excluding hydrogens is 248 g/mol. The summed E-state index contributed by atoms with van der Waals surface area (Å²) < 4.78 is 5.80. The van der Waals surface area contributed by atoms with Gasteiger partial charge in [0.15, 0.2) is 0 Å². The second-order valence-corrected chi connectivity index (χ2v) is 6.45. The van der Waals surface area contributed by atoms with Crippen molar-refractivity contribution in [2.75, 3.05) is 7.11 Å². The quantitative estimate of drug-likeness (QED) is 0.616. The van der Waals surface area contributed by atoms with E-state index in [1.165, 1.54) is 11.1 Å². The topological polar surface area (TPSA) is 47.3 Å². The van der Waals surface area contributed by atoms with E-state index >= 15 is 0 Å². The maximum absolute atomic E-state index is 5.81. The second kappa shape index (κ2) is 6.70. The van der Waals surface area contributed by atoms with E-state index in [1.54, 1.807) is 7.11 Å². The normalized spacial score (nSPS) is 14.3. The van der Waals surface area contributed by atoms with Crippen molar-refractivity contribution in [3.8, 4) is 0 Å². The number of hydrogen-bond acceptors (Lipinski definition) is 3. The van der Waals surface area contributed by atoms with Crippen LogP contribution in [0.15, 0.2) is 24.3 Å². The minimum absolute atomic E-state index is 0.00322. The van der Waals surface area contributed by atoms with Crippen LogP contribution >= 0.6 is 0 Å². The lowest BCUT2D eigenvalue weighted by atomic mass is 9.82. The fourth-order valence-corrected chi connectivity index (χ4v) is 2.79. The first kappa shape index (κ1) is 17.2. The summed E-state index contributed by atoms with van der Waals surface area (Å²) in [6, 6.07) is 8.68. The van der Waals surface area contributed by atoms with E-state index in [4.69, 9.17) is 10.6 Å². The Balaban J connectivity index is 3.13. The molecule has 0 amide bonds. The Bertz CT molecular complexity index is 394. The largest absolute Gasteiger partial charge is 0.376 e. The zero-order valence-electron chi connectivity index (χ0n) is 13.8. The van der Waals surface area contributed by atoms with Crippen molar-refractivity contribution in [1.82, 2.24) is 5.43 Å². The van der Waals surface area contributed by atoms with Gasteiger partial charge in [-0.15, -0.1) is 0 Å². The first-order chi connectivity index (χ1) is 9.34. The number of hydrazine groups is 1. The molecule has 0 radical (unpaired) electrons. The summed E-state index contributed by atoms with van der Waals surface area (Å²) in [7, 11) is 1.76. The molecule has 114 valence electrons. The molecular formula is C17H30N2O. The van der Waals surface area contributed by atoms with Gasteiger partial charge in [-0.05, 0) is 29.4 Å². The lowest BCUT2D eigenvalue weighted by Crippen LogP contribution is -2.47. The molecule has 1 aromatic rings. The monoisotopic (exact) mass is 278 g/mol. The molecule has 0 heterocycles. The fourth-order valence-electron chi connectivity index (χ4n) is 2.79. The molecule has 0 saturated carbocycles. The summed E-state index contributed by atoms with van der Waals surface area (Å²) in [5.74, 6) is 5.81. The van der Waals surface area contributed by atoms with Crippen molar-refractivity contribution in [2.24, 2.45) is 5.84 Å². The average Bonchev–Trinajstić information content (AvgIpc) is 2.44. The number of nitrogens with two attached hydrogens (primary N) is 1. The van der Waals surface area contributed by atoms with Crippen LogP contribution in [-0.2, 0) is 10.2 Å². The van der Waals surface area contributed by atoms with Crippen LogP contribution < -0.4 is 11.3 Å². The van der Waals surface area contributed by atoms with Crippen LogP contribution in [0.2, 0.25) is 0 Å². The predicted octanol–water partition coefficient (Wildman–Crippen LogP) is 3.69. The summed E-state index contributed by atoms with van der Waals surface area (Å²) in [4.78, 5) is 0. The Morgan fingerprint density at radius 2 is 1.60 bits per heavy atom. The summed E-state index contributed by atoms with van der Waals surface area (Å²) in [5, 5.41) is 0. The van der Waals surface area contributed by atoms with Gasteiger partial charge in [-0.3, -0.25) is 11.3 Å². The van der Waals surface area contributed by atoms with Gasteiger partial charge in [0.25, 0.3) is 0 Å². The minimum atomic E-state index is -0.266. The lowest BCUT2D eigenvalue weighted by molar-refractivity contribution is -0.0486. The van der Waals surface area contributed by atoms with Crippen LogP contribution in [-0.4, -0.2) is 12.7 Å². The van der Waals surface area contributed by atoms with E-state index in [1.807, 2.05) is 0 Å². The number of rotatable bonds is 6. The van der Waals surface area contributed by atoms with E-state index in [-0.39, 0.29) is 17.1 Å². The Kier molecular flexibility index (Phi) is 5.75. The second-order valence-electron chi connectivity index (χ2n) is 6.45. The molecule has 3 nitrogen and oxygen atoms in total. The van der Waals surface area contributed by atoms with Gasteiger partial charge in [0, 0.05) is 7.11 Å². The van der Waals surface area contributed by atoms with E-state index in [0.717, 1.165) is 12.8 Å². The Morgan fingerprint density at radius 1 is 1.10 bits per heavy atom. The third-order valence-electron chi connectivity index (χ3n) is 4.41. The lowest BCUT2D eigenvalue weighted by Gasteiger charge is -2.38. The molecule has 3 N–H and O–H groups in total. The average molecular weight is 278 g/mol. The molecule has 1 unspecified atom stereocenters. The van der Waals surface area contributed by atoms with Gasteiger partial charge in [0.2, 0.25) is 0 Å². The van der Waals surface area contributed by atoms with Gasteiger partial charge < -0.3 is 4.74 Å². The molecule has 20 heavy (non-hydrogen) atoms. The number of hydrogen-bond donors (Lipinski definition) is 2. The third-order valence-corrected chi connectivity index (χ3v) is 4.41. The molecule has 1 atom stereocenters. The predicted molar refractivity (Wildman–Crippen MR) is 85.5 cm³/mol. The highest BCUT2D eigenvalue weighted by Crippen LogP contribution is 2.35. The van der Waals surface area contributed by atoms with Gasteiger partial charge in [0.05, 0.1) is 11.6 Å². The third kappa shape index (κ3) is 3.40. The fraction of sp³-hybridized carbons (Fsp3) is 0.647. The van der Waals surface area contributed by atoms with Crippen LogP contribution in [0, 0.1) is 0 Å². The van der Waals surface area contributed by atoms with Crippen LogP contribution in [0.25, 0.3) is 0 Å². The summed E-state index contributed by atoms with van der Waals surface area (Å²) in [5.41, 5.74) is 5.34. The molecule has 0 bridgehead atoms. The van der Waals surface area contributed by atoms with Gasteiger partial charge >= 0.3 is 0 Å². The van der Waals surface area contributed by atoms with E-state index in [9.17, 15) is 0 Å². The van der Waals surface area contributed by atoms with Crippen molar-refractivity contribution in [1.29, 1.82) is 0 Å². The highest BCUT2D eigenvalue weighted by Gasteiger charge is 2.36. The van der Waals surface area contributed by atoms with Crippen molar-refractivity contribution in [3.63, 3.8) is 0 Å². The van der Waals surface area contributed by atoms with Gasteiger partial charge in [-0.2, -0.15) is 0 Å². The van der Waals surface area contributed by atoms with Crippen LogP contribution in [0.5, 0.6) is 0 Å². The highest BCUT2D eigenvalue weighted by molar-refractivity contribution is 5.30. The first-order valence-electron chi connectivity index (χ1n) is 7.46. The van der Waals surface area contributed by atoms with Crippen LogP contribution in [0.4, 0.5) is 0 Å². The summed E-state index contributed by atoms with van der Waals surface area (Å²) >= 11 is 0. The molecule has 0 aromatic heterocycles. The van der Waals surface area contributed by atoms with Gasteiger partial charge in [0.1, 0.15) is 0 Å². The van der Waals surface area contributed by atoms with Crippen molar-refractivity contribution in [2.45, 2.75) is 64.5 Å². The highest BCUT2D eigenvalue weighted by atomic mass is 16.5. The zero-order chi connectivity index (χ0) is 15.4. The molecule has 1 aromatic carbocycles. The number of methoxy groups -OCH3 is 1. The van der Waals surface area contributed by atoms with Crippen molar-refractivity contribution >= 4 is 0 Å². The Morgan fingerprint density at radius 3 is 1.90 bits per heavy atom. The van der Waals surface area contributed by atoms with E-state index in [2.05, 4.69) is 64.3 Å². The Labute approximate surface area is 123 Å².